The lowest BCUT2D eigenvalue weighted by molar-refractivity contribution is -0.00466. The predicted octanol–water partition coefficient (Wildman–Crippen LogP) is 2.72. The Morgan fingerprint density at radius 2 is 1.81 bits per heavy atom. The van der Waals surface area contributed by atoms with E-state index in [9.17, 15) is 10.2 Å². The first-order valence-corrected chi connectivity index (χ1v) is 8.07. The van der Waals surface area contributed by atoms with Gasteiger partial charge in [-0.05, 0) is 50.9 Å². The van der Waals surface area contributed by atoms with Gasteiger partial charge in [0.2, 0.25) is 0 Å². The van der Waals surface area contributed by atoms with Crippen molar-refractivity contribution in [2.24, 2.45) is 0 Å². The van der Waals surface area contributed by atoms with Gasteiger partial charge in [0.05, 0.1) is 0 Å². The van der Waals surface area contributed by atoms with E-state index in [0.29, 0.717) is 12.1 Å². The Labute approximate surface area is 127 Å². The number of fused-ring (bicyclic) bond motifs is 1. The van der Waals surface area contributed by atoms with Crippen molar-refractivity contribution < 1.29 is 10.2 Å². The van der Waals surface area contributed by atoms with E-state index in [1.54, 1.807) is 12.1 Å². The maximum Gasteiger partial charge on any atom is 0.119 e. The zero-order chi connectivity index (χ0) is 15.0. The molecule has 2 heterocycles. The molecular weight excluding hydrogens is 264 g/mol. The number of benzene rings is 1. The normalized spacial score (nSPS) is 29.0. The van der Waals surface area contributed by atoms with Gasteiger partial charge >= 0.3 is 0 Å². The number of hydrogen-bond acceptors (Lipinski definition) is 4. The standard InChI is InChI=1S/C17H26N2O2/c1-12-10-18-6-4-3-5-15(18)11-19(12)13(2)14-7-16(20)9-17(21)8-14/h7-9,12-13,15,20-21H,3-6,10-11H2,1-2H3. The first-order valence-electron chi connectivity index (χ1n) is 8.07. The highest BCUT2D eigenvalue weighted by atomic mass is 16.3. The molecular formula is C17H26N2O2. The van der Waals surface area contributed by atoms with Gasteiger partial charge < -0.3 is 10.2 Å². The number of piperidine rings is 1. The number of aromatic hydroxyl groups is 2. The Morgan fingerprint density at radius 1 is 1.10 bits per heavy atom. The molecule has 2 saturated heterocycles. The number of phenols is 2. The van der Waals surface area contributed by atoms with E-state index in [1.807, 2.05) is 0 Å². The molecule has 2 aliphatic heterocycles. The van der Waals surface area contributed by atoms with Gasteiger partial charge in [-0.3, -0.25) is 9.80 Å². The van der Waals surface area contributed by atoms with Crippen molar-refractivity contribution in [2.75, 3.05) is 19.6 Å². The molecule has 3 atom stereocenters. The molecule has 116 valence electrons. The Balaban J connectivity index is 1.78. The van der Waals surface area contributed by atoms with Crippen LogP contribution in [0.3, 0.4) is 0 Å². The Morgan fingerprint density at radius 3 is 2.52 bits per heavy atom. The molecule has 0 spiro atoms. The van der Waals surface area contributed by atoms with Crippen LogP contribution in [-0.4, -0.2) is 51.7 Å². The smallest absolute Gasteiger partial charge is 0.119 e. The molecule has 2 fully saturated rings. The van der Waals surface area contributed by atoms with Crippen molar-refractivity contribution in [3.05, 3.63) is 23.8 Å². The molecule has 3 rings (SSSR count). The monoisotopic (exact) mass is 290 g/mol. The largest absolute Gasteiger partial charge is 0.508 e. The Bertz CT molecular complexity index is 485. The highest BCUT2D eigenvalue weighted by Gasteiger charge is 2.35. The summed E-state index contributed by atoms with van der Waals surface area (Å²) in [5, 5.41) is 19.4. The maximum absolute atomic E-state index is 9.71. The summed E-state index contributed by atoms with van der Waals surface area (Å²) in [5.74, 6) is 0.279. The van der Waals surface area contributed by atoms with Crippen LogP contribution in [0.5, 0.6) is 11.5 Å². The molecule has 0 radical (unpaired) electrons. The minimum atomic E-state index is 0.140. The van der Waals surface area contributed by atoms with Crippen LogP contribution in [0.2, 0.25) is 0 Å². The summed E-state index contributed by atoms with van der Waals surface area (Å²) in [6, 6.07) is 6.30. The van der Waals surface area contributed by atoms with Crippen LogP contribution in [0.1, 0.15) is 44.7 Å². The molecule has 21 heavy (non-hydrogen) atoms. The van der Waals surface area contributed by atoms with Crippen molar-refractivity contribution in [3.8, 4) is 11.5 Å². The van der Waals surface area contributed by atoms with Gasteiger partial charge in [0.1, 0.15) is 11.5 Å². The summed E-state index contributed by atoms with van der Waals surface area (Å²) in [5.41, 5.74) is 0.989. The molecule has 1 aromatic rings. The summed E-state index contributed by atoms with van der Waals surface area (Å²) < 4.78 is 0. The van der Waals surface area contributed by atoms with Gasteiger partial charge in [-0.1, -0.05) is 6.42 Å². The van der Waals surface area contributed by atoms with Crippen molar-refractivity contribution in [2.45, 2.75) is 51.2 Å². The summed E-state index contributed by atoms with van der Waals surface area (Å²) >= 11 is 0. The number of nitrogens with zero attached hydrogens (tertiary/aromatic N) is 2. The van der Waals surface area contributed by atoms with E-state index in [-0.39, 0.29) is 17.5 Å². The molecule has 2 N–H and O–H groups in total. The van der Waals surface area contributed by atoms with Gasteiger partial charge in [0.15, 0.2) is 0 Å². The van der Waals surface area contributed by atoms with E-state index in [2.05, 4.69) is 23.6 Å². The molecule has 0 aromatic heterocycles. The maximum atomic E-state index is 9.71. The number of hydrogen-bond donors (Lipinski definition) is 2. The molecule has 0 saturated carbocycles. The Hall–Kier alpha value is -1.26. The second-order valence-corrected chi connectivity index (χ2v) is 6.65. The van der Waals surface area contributed by atoms with Gasteiger partial charge in [-0.25, -0.2) is 0 Å². The van der Waals surface area contributed by atoms with Gasteiger partial charge in [0, 0.05) is 37.3 Å². The predicted molar refractivity (Wildman–Crippen MR) is 83.6 cm³/mol. The second-order valence-electron chi connectivity index (χ2n) is 6.65. The fourth-order valence-corrected chi connectivity index (χ4v) is 3.97. The zero-order valence-corrected chi connectivity index (χ0v) is 13.0. The third-order valence-corrected chi connectivity index (χ3v) is 5.14. The molecule has 1 aromatic carbocycles. The molecule has 2 aliphatic rings. The first kappa shape index (κ1) is 14.7. The summed E-state index contributed by atoms with van der Waals surface area (Å²) in [6.07, 6.45) is 3.96. The lowest BCUT2D eigenvalue weighted by atomic mass is 9.94. The highest BCUT2D eigenvalue weighted by molar-refractivity contribution is 5.38. The van der Waals surface area contributed by atoms with Crippen LogP contribution in [0.15, 0.2) is 18.2 Å². The fraction of sp³-hybridized carbons (Fsp3) is 0.647. The van der Waals surface area contributed by atoms with Gasteiger partial charge in [0.25, 0.3) is 0 Å². The minimum absolute atomic E-state index is 0.140. The van der Waals surface area contributed by atoms with Crippen LogP contribution in [0.4, 0.5) is 0 Å². The number of phenolic OH excluding ortho intramolecular Hbond substituents is 2. The van der Waals surface area contributed by atoms with Crippen LogP contribution in [0.25, 0.3) is 0 Å². The average molecular weight is 290 g/mol. The number of piperazine rings is 1. The summed E-state index contributed by atoms with van der Waals surface area (Å²) in [4.78, 5) is 5.15. The van der Waals surface area contributed by atoms with Gasteiger partial charge in [-0.15, -0.1) is 0 Å². The topological polar surface area (TPSA) is 46.9 Å². The summed E-state index contributed by atoms with van der Waals surface area (Å²) in [6.45, 7) is 7.90. The Kier molecular flexibility index (Phi) is 4.09. The van der Waals surface area contributed by atoms with Crippen molar-refractivity contribution in [3.63, 3.8) is 0 Å². The highest BCUT2D eigenvalue weighted by Crippen LogP contribution is 2.33. The van der Waals surface area contributed by atoms with E-state index in [0.717, 1.165) is 18.7 Å². The number of rotatable bonds is 2. The molecule has 0 aliphatic carbocycles. The molecule has 0 amide bonds. The third kappa shape index (κ3) is 3.01. The second kappa shape index (κ2) is 5.85. The average Bonchev–Trinajstić information content (AvgIpc) is 2.44. The fourth-order valence-electron chi connectivity index (χ4n) is 3.97. The van der Waals surface area contributed by atoms with Crippen molar-refractivity contribution in [1.82, 2.24) is 9.80 Å². The van der Waals surface area contributed by atoms with E-state index in [4.69, 9.17) is 0 Å². The van der Waals surface area contributed by atoms with E-state index in [1.165, 1.54) is 31.9 Å². The zero-order valence-electron chi connectivity index (χ0n) is 13.0. The van der Waals surface area contributed by atoms with Gasteiger partial charge in [-0.2, -0.15) is 0 Å². The summed E-state index contributed by atoms with van der Waals surface area (Å²) in [7, 11) is 0. The minimum Gasteiger partial charge on any atom is -0.508 e. The SMILES string of the molecule is CC1CN2CCCCC2CN1C(C)c1cc(O)cc(O)c1. The molecule has 3 unspecified atom stereocenters. The van der Waals surface area contributed by atoms with Crippen LogP contribution in [-0.2, 0) is 0 Å². The third-order valence-electron chi connectivity index (χ3n) is 5.14. The van der Waals surface area contributed by atoms with Crippen molar-refractivity contribution >= 4 is 0 Å². The van der Waals surface area contributed by atoms with Crippen molar-refractivity contribution in [1.29, 1.82) is 0 Å². The molecule has 0 bridgehead atoms. The van der Waals surface area contributed by atoms with E-state index < -0.39 is 0 Å². The van der Waals surface area contributed by atoms with Crippen LogP contribution < -0.4 is 0 Å². The van der Waals surface area contributed by atoms with Crippen LogP contribution >= 0.6 is 0 Å². The molecule has 4 heteroatoms. The first-order chi connectivity index (χ1) is 10.0. The quantitative estimate of drug-likeness (QED) is 0.879. The van der Waals surface area contributed by atoms with Crippen LogP contribution in [0, 0.1) is 0 Å². The van der Waals surface area contributed by atoms with E-state index >= 15 is 0 Å². The molecule has 4 nitrogen and oxygen atoms in total. The lowest BCUT2D eigenvalue weighted by Gasteiger charge is -2.49. The lowest BCUT2D eigenvalue weighted by Crippen LogP contribution is -2.58.